The Kier molecular flexibility index (Phi) is 7.08. The third-order valence-electron chi connectivity index (χ3n) is 4.96. The van der Waals surface area contributed by atoms with Crippen molar-refractivity contribution in [2.24, 2.45) is 0 Å². The molecule has 0 aliphatic heterocycles. The van der Waals surface area contributed by atoms with Crippen molar-refractivity contribution in [1.29, 1.82) is 0 Å². The number of nitrogens with zero attached hydrogens (tertiary/aromatic N) is 2. The van der Waals surface area contributed by atoms with Crippen LogP contribution in [0.25, 0.3) is 10.9 Å². The minimum Gasteiger partial charge on any atom is -0.493 e. The number of para-hydroxylation sites is 1. The van der Waals surface area contributed by atoms with Gasteiger partial charge in [-0.2, -0.15) is 5.10 Å². The number of benzene rings is 2. The van der Waals surface area contributed by atoms with E-state index in [0.29, 0.717) is 30.2 Å². The summed E-state index contributed by atoms with van der Waals surface area (Å²) in [6.45, 7) is 8.14. The van der Waals surface area contributed by atoms with E-state index in [-0.39, 0.29) is 5.91 Å². The predicted octanol–water partition coefficient (Wildman–Crippen LogP) is 3.22. The average molecular weight is 396 g/mol. The molecule has 3 rings (SSSR count). The highest BCUT2D eigenvalue weighted by atomic mass is 16.5. The van der Waals surface area contributed by atoms with E-state index < -0.39 is 0 Å². The first-order valence-electron chi connectivity index (χ1n) is 9.88. The molecule has 0 bridgehead atoms. The molecule has 0 unspecified atom stereocenters. The van der Waals surface area contributed by atoms with E-state index >= 15 is 0 Å². The largest absolute Gasteiger partial charge is 0.493 e. The molecule has 1 heterocycles. The molecular formula is C22H28N4O3. The topological polar surface area (TPSA) is 79.5 Å². The number of hydrogen-bond acceptors (Lipinski definition) is 5. The van der Waals surface area contributed by atoms with Crippen molar-refractivity contribution in [3.8, 4) is 11.5 Å². The van der Waals surface area contributed by atoms with Crippen molar-refractivity contribution in [3.63, 3.8) is 0 Å². The molecule has 0 radical (unpaired) electrons. The minimum atomic E-state index is -0.154. The summed E-state index contributed by atoms with van der Waals surface area (Å²) in [5.74, 6) is 1.21. The molecule has 1 amide bonds. The number of aromatic amines is 1. The van der Waals surface area contributed by atoms with E-state index in [1.807, 2.05) is 30.3 Å². The minimum absolute atomic E-state index is 0.154. The molecule has 29 heavy (non-hydrogen) atoms. The maximum atomic E-state index is 12.6. The number of fused-ring (bicyclic) bond motifs is 1. The third-order valence-corrected chi connectivity index (χ3v) is 4.96. The van der Waals surface area contributed by atoms with Gasteiger partial charge in [-0.1, -0.05) is 32.0 Å². The molecular weight excluding hydrogens is 368 g/mol. The van der Waals surface area contributed by atoms with Crippen LogP contribution in [0.1, 0.15) is 29.8 Å². The maximum Gasteiger partial charge on any atom is 0.253 e. The zero-order valence-electron chi connectivity index (χ0n) is 17.2. The monoisotopic (exact) mass is 396 g/mol. The Balaban J connectivity index is 1.61. The van der Waals surface area contributed by atoms with Crippen LogP contribution >= 0.6 is 0 Å². The maximum absolute atomic E-state index is 12.6. The molecule has 0 aliphatic rings. The summed E-state index contributed by atoms with van der Waals surface area (Å²) in [4.78, 5) is 14.9. The van der Waals surface area contributed by atoms with Crippen LogP contribution in [-0.2, 0) is 6.54 Å². The third kappa shape index (κ3) is 5.06. The van der Waals surface area contributed by atoms with Crippen molar-refractivity contribution < 1.29 is 14.3 Å². The Bertz CT molecular complexity index is 950. The van der Waals surface area contributed by atoms with Gasteiger partial charge in [0.25, 0.3) is 5.91 Å². The van der Waals surface area contributed by atoms with Crippen molar-refractivity contribution >= 4 is 16.8 Å². The Morgan fingerprint density at radius 2 is 2.00 bits per heavy atom. The van der Waals surface area contributed by atoms with Crippen molar-refractivity contribution in [2.75, 3.05) is 33.4 Å². The Morgan fingerprint density at radius 1 is 1.17 bits per heavy atom. The molecule has 7 nitrogen and oxygen atoms in total. The van der Waals surface area contributed by atoms with E-state index in [2.05, 4.69) is 34.3 Å². The number of carbonyl (C=O) groups excluding carboxylic acids is 1. The normalized spacial score (nSPS) is 11.0. The molecule has 2 N–H and O–H groups in total. The highest BCUT2D eigenvalue weighted by Crippen LogP contribution is 2.28. The first-order valence-corrected chi connectivity index (χ1v) is 9.88. The Labute approximate surface area is 171 Å². The summed E-state index contributed by atoms with van der Waals surface area (Å²) in [5.41, 5.74) is 2.24. The lowest BCUT2D eigenvalue weighted by molar-refractivity contribution is 0.0952. The van der Waals surface area contributed by atoms with Gasteiger partial charge in [-0.05, 0) is 36.9 Å². The molecule has 0 spiro atoms. The van der Waals surface area contributed by atoms with Crippen LogP contribution < -0.4 is 14.8 Å². The fourth-order valence-electron chi connectivity index (χ4n) is 3.20. The number of ether oxygens (including phenoxy) is 2. The second-order valence-electron chi connectivity index (χ2n) is 6.68. The molecule has 0 fully saturated rings. The Hall–Kier alpha value is -3.06. The Morgan fingerprint density at radius 3 is 2.76 bits per heavy atom. The van der Waals surface area contributed by atoms with Gasteiger partial charge < -0.3 is 19.7 Å². The van der Waals surface area contributed by atoms with Gasteiger partial charge in [0.2, 0.25) is 0 Å². The number of hydrogen-bond donors (Lipinski definition) is 2. The van der Waals surface area contributed by atoms with Crippen molar-refractivity contribution in [1.82, 2.24) is 20.4 Å². The van der Waals surface area contributed by atoms with Gasteiger partial charge in [-0.3, -0.25) is 9.89 Å². The summed E-state index contributed by atoms with van der Waals surface area (Å²) in [6.07, 6.45) is 1.70. The molecule has 1 aromatic heterocycles. The quantitative estimate of drug-likeness (QED) is 0.550. The number of aromatic nitrogens is 2. The van der Waals surface area contributed by atoms with Gasteiger partial charge >= 0.3 is 0 Å². The standard InChI is InChI=1S/C22H28N4O3/c1-4-26(5-2)11-12-29-19-10-9-16(13-20(19)28-3)14-23-22(27)18-8-6-7-17-15-24-25-21(17)18/h6-10,13,15H,4-5,11-12,14H2,1-3H3,(H,23,27)(H,24,25). The van der Waals surface area contributed by atoms with Gasteiger partial charge in [-0.15, -0.1) is 0 Å². The van der Waals surface area contributed by atoms with Gasteiger partial charge in [0.15, 0.2) is 11.5 Å². The van der Waals surface area contributed by atoms with Crippen molar-refractivity contribution in [2.45, 2.75) is 20.4 Å². The fraction of sp³-hybridized carbons (Fsp3) is 0.364. The lowest BCUT2D eigenvalue weighted by Gasteiger charge is -2.19. The van der Waals surface area contributed by atoms with E-state index in [4.69, 9.17) is 9.47 Å². The average Bonchev–Trinajstić information content (AvgIpc) is 3.24. The van der Waals surface area contributed by atoms with Crippen LogP contribution in [0.15, 0.2) is 42.6 Å². The van der Waals surface area contributed by atoms with Crippen LogP contribution in [0, 0.1) is 0 Å². The van der Waals surface area contributed by atoms with Crippen LogP contribution in [-0.4, -0.2) is 54.4 Å². The summed E-state index contributed by atoms with van der Waals surface area (Å²) in [5, 5.41) is 10.7. The highest BCUT2D eigenvalue weighted by Gasteiger charge is 2.12. The lowest BCUT2D eigenvalue weighted by Crippen LogP contribution is -2.28. The fourth-order valence-corrected chi connectivity index (χ4v) is 3.20. The van der Waals surface area contributed by atoms with E-state index in [1.165, 1.54) is 0 Å². The van der Waals surface area contributed by atoms with Crippen LogP contribution in [0.3, 0.4) is 0 Å². The number of carbonyl (C=O) groups is 1. The second kappa shape index (κ2) is 9.93. The molecule has 0 aliphatic carbocycles. The van der Waals surface area contributed by atoms with Gasteiger partial charge in [0.1, 0.15) is 6.61 Å². The number of amides is 1. The number of rotatable bonds is 10. The molecule has 0 atom stereocenters. The second-order valence-corrected chi connectivity index (χ2v) is 6.68. The highest BCUT2D eigenvalue weighted by molar-refractivity contribution is 6.05. The molecule has 0 saturated heterocycles. The van der Waals surface area contributed by atoms with Crippen LogP contribution in [0.5, 0.6) is 11.5 Å². The zero-order valence-corrected chi connectivity index (χ0v) is 17.2. The smallest absolute Gasteiger partial charge is 0.253 e. The first-order chi connectivity index (χ1) is 14.2. The van der Waals surface area contributed by atoms with Crippen LogP contribution in [0.2, 0.25) is 0 Å². The number of methoxy groups -OCH3 is 1. The summed E-state index contributed by atoms with van der Waals surface area (Å²) in [6, 6.07) is 11.3. The van der Waals surface area contributed by atoms with Gasteiger partial charge in [-0.25, -0.2) is 0 Å². The van der Waals surface area contributed by atoms with E-state index in [1.54, 1.807) is 19.4 Å². The molecule has 7 heteroatoms. The van der Waals surface area contributed by atoms with E-state index in [0.717, 1.165) is 36.1 Å². The van der Waals surface area contributed by atoms with Crippen LogP contribution in [0.4, 0.5) is 0 Å². The summed E-state index contributed by atoms with van der Waals surface area (Å²) < 4.78 is 11.4. The predicted molar refractivity (Wildman–Crippen MR) is 114 cm³/mol. The van der Waals surface area contributed by atoms with Gasteiger partial charge in [0, 0.05) is 18.5 Å². The van der Waals surface area contributed by atoms with Gasteiger partial charge in [0.05, 0.1) is 24.4 Å². The molecule has 2 aromatic carbocycles. The SMILES string of the molecule is CCN(CC)CCOc1ccc(CNC(=O)c2cccc3cn[nH]c23)cc1OC. The molecule has 0 saturated carbocycles. The van der Waals surface area contributed by atoms with E-state index in [9.17, 15) is 4.79 Å². The first kappa shape index (κ1) is 20.7. The number of likely N-dealkylation sites (N-methyl/N-ethyl adjacent to an activating group) is 1. The summed E-state index contributed by atoms with van der Waals surface area (Å²) in [7, 11) is 1.62. The number of nitrogens with one attached hydrogen (secondary N) is 2. The molecule has 154 valence electrons. The number of H-pyrrole nitrogens is 1. The zero-order chi connectivity index (χ0) is 20.6. The van der Waals surface area contributed by atoms with Crippen molar-refractivity contribution in [3.05, 3.63) is 53.7 Å². The molecule has 3 aromatic rings. The lowest BCUT2D eigenvalue weighted by atomic mass is 10.1. The summed E-state index contributed by atoms with van der Waals surface area (Å²) >= 11 is 0.